The molecule has 1 heterocycles. The minimum atomic E-state index is -4.63. The zero-order chi connectivity index (χ0) is 27.6. The number of halogens is 3. The van der Waals surface area contributed by atoms with Crippen molar-refractivity contribution >= 4 is 22.6 Å². The van der Waals surface area contributed by atoms with E-state index in [9.17, 15) is 22.8 Å². The number of hydrogen-bond donors (Lipinski definition) is 1. The molecule has 1 atom stereocenters. The maximum absolute atomic E-state index is 13.8. The van der Waals surface area contributed by atoms with E-state index in [-0.39, 0.29) is 17.8 Å². The van der Waals surface area contributed by atoms with Gasteiger partial charge in [-0.2, -0.15) is 13.2 Å². The van der Waals surface area contributed by atoms with Crippen molar-refractivity contribution in [1.29, 1.82) is 0 Å². The van der Waals surface area contributed by atoms with Crippen molar-refractivity contribution < 1.29 is 18.0 Å². The summed E-state index contributed by atoms with van der Waals surface area (Å²) in [6, 6.07) is 16.0. The standard InChI is InChI=1S/C29H29F3N4O2/c1-5-16-35(28(38)34-24-13-9-7-11-22(24)29(30,31)32)20(4)26-33-23-12-8-6-10-21(23)27(37)36(26)25-15-14-18(2)17-19(25)3/h6-15,17,20H,5,16H2,1-4H3,(H,34,38). The van der Waals surface area contributed by atoms with Crippen LogP contribution in [0.3, 0.4) is 0 Å². The van der Waals surface area contributed by atoms with Crippen LogP contribution in [0, 0.1) is 13.8 Å². The molecular formula is C29H29F3N4O2. The summed E-state index contributed by atoms with van der Waals surface area (Å²) >= 11 is 0. The van der Waals surface area contributed by atoms with E-state index in [1.807, 2.05) is 39.0 Å². The molecule has 9 heteroatoms. The Morgan fingerprint density at radius 3 is 2.42 bits per heavy atom. The summed E-state index contributed by atoms with van der Waals surface area (Å²) < 4.78 is 42.2. The van der Waals surface area contributed by atoms with Gasteiger partial charge >= 0.3 is 12.2 Å². The molecule has 0 saturated carbocycles. The van der Waals surface area contributed by atoms with E-state index in [4.69, 9.17) is 4.98 Å². The molecule has 4 rings (SSSR count). The first-order valence-corrected chi connectivity index (χ1v) is 12.4. The number of para-hydroxylation sites is 2. The normalized spacial score (nSPS) is 12.4. The van der Waals surface area contributed by atoms with Crippen molar-refractivity contribution in [3.63, 3.8) is 0 Å². The number of fused-ring (bicyclic) bond motifs is 1. The molecule has 1 aromatic heterocycles. The topological polar surface area (TPSA) is 67.2 Å². The first-order valence-electron chi connectivity index (χ1n) is 12.4. The van der Waals surface area contributed by atoms with Gasteiger partial charge in [0.25, 0.3) is 5.56 Å². The first-order chi connectivity index (χ1) is 18.0. The lowest BCUT2D eigenvalue weighted by atomic mass is 10.1. The van der Waals surface area contributed by atoms with Gasteiger partial charge in [0.1, 0.15) is 5.82 Å². The Hall–Kier alpha value is -4.14. The molecule has 1 N–H and O–H groups in total. The first kappa shape index (κ1) is 26.9. The number of rotatable bonds is 6. The number of anilines is 1. The largest absolute Gasteiger partial charge is 0.418 e. The van der Waals surface area contributed by atoms with E-state index in [0.717, 1.165) is 17.2 Å². The number of nitrogens with zero attached hydrogens (tertiary/aromatic N) is 3. The maximum atomic E-state index is 13.8. The second-order valence-electron chi connectivity index (χ2n) is 9.26. The summed E-state index contributed by atoms with van der Waals surface area (Å²) in [5.41, 5.74) is 1.41. The zero-order valence-corrected chi connectivity index (χ0v) is 21.6. The Morgan fingerprint density at radius 2 is 1.74 bits per heavy atom. The summed E-state index contributed by atoms with van der Waals surface area (Å²) in [5, 5.41) is 2.86. The van der Waals surface area contributed by atoms with E-state index in [1.54, 1.807) is 31.2 Å². The number of carbonyl (C=O) groups excluding carboxylic acids is 1. The number of aromatic nitrogens is 2. The van der Waals surface area contributed by atoms with Crippen LogP contribution in [0.15, 0.2) is 71.5 Å². The zero-order valence-electron chi connectivity index (χ0n) is 21.6. The number of nitrogens with one attached hydrogen (secondary N) is 1. The van der Waals surface area contributed by atoms with Crippen LogP contribution in [-0.4, -0.2) is 27.0 Å². The molecule has 1 unspecified atom stereocenters. The maximum Gasteiger partial charge on any atom is 0.418 e. The number of urea groups is 1. The highest BCUT2D eigenvalue weighted by molar-refractivity contribution is 5.90. The lowest BCUT2D eigenvalue weighted by molar-refractivity contribution is -0.136. The third kappa shape index (κ3) is 5.27. The second-order valence-corrected chi connectivity index (χ2v) is 9.26. The van der Waals surface area contributed by atoms with Gasteiger partial charge in [-0.05, 0) is 63.1 Å². The lowest BCUT2D eigenvalue weighted by Gasteiger charge is -2.31. The average molecular weight is 523 g/mol. The van der Waals surface area contributed by atoms with Crippen molar-refractivity contribution in [2.75, 3.05) is 11.9 Å². The van der Waals surface area contributed by atoms with E-state index in [2.05, 4.69) is 5.32 Å². The number of amides is 2. The van der Waals surface area contributed by atoms with Gasteiger partial charge in [-0.3, -0.25) is 9.36 Å². The van der Waals surface area contributed by atoms with Crippen LogP contribution in [0.5, 0.6) is 0 Å². The van der Waals surface area contributed by atoms with Gasteiger partial charge in [-0.25, -0.2) is 9.78 Å². The smallest absolute Gasteiger partial charge is 0.315 e. The third-order valence-electron chi connectivity index (χ3n) is 6.44. The number of aryl methyl sites for hydroxylation is 2. The summed E-state index contributed by atoms with van der Waals surface area (Å²) in [7, 11) is 0. The lowest BCUT2D eigenvalue weighted by Crippen LogP contribution is -2.40. The Morgan fingerprint density at radius 1 is 1.05 bits per heavy atom. The van der Waals surface area contributed by atoms with Crippen LogP contribution >= 0.6 is 0 Å². The van der Waals surface area contributed by atoms with Gasteiger partial charge in [0, 0.05) is 6.54 Å². The molecule has 0 radical (unpaired) electrons. The van der Waals surface area contributed by atoms with E-state index < -0.39 is 23.8 Å². The summed E-state index contributed by atoms with van der Waals surface area (Å²) in [5.74, 6) is 0.313. The van der Waals surface area contributed by atoms with Gasteiger partial charge in [0.05, 0.1) is 33.9 Å². The van der Waals surface area contributed by atoms with Crippen LogP contribution in [0.25, 0.3) is 16.6 Å². The highest BCUT2D eigenvalue weighted by Gasteiger charge is 2.34. The van der Waals surface area contributed by atoms with Crippen molar-refractivity contribution in [3.8, 4) is 5.69 Å². The van der Waals surface area contributed by atoms with Crippen molar-refractivity contribution in [1.82, 2.24) is 14.5 Å². The Bertz CT molecular complexity index is 1550. The molecule has 4 aromatic rings. The van der Waals surface area contributed by atoms with Crippen molar-refractivity contribution in [3.05, 3.63) is 99.6 Å². The van der Waals surface area contributed by atoms with Gasteiger partial charge < -0.3 is 10.2 Å². The number of hydrogen-bond acceptors (Lipinski definition) is 3. The monoisotopic (exact) mass is 522 g/mol. The molecule has 2 amide bonds. The fraction of sp³-hybridized carbons (Fsp3) is 0.276. The number of alkyl halides is 3. The Labute approximate surface area is 218 Å². The average Bonchev–Trinajstić information content (AvgIpc) is 2.87. The van der Waals surface area contributed by atoms with Gasteiger partial charge in [-0.1, -0.05) is 48.9 Å². The molecule has 0 aliphatic rings. The predicted molar refractivity (Wildman–Crippen MR) is 143 cm³/mol. The molecular weight excluding hydrogens is 493 g/mol. The van der Waals surface area contributed by atoms with E-state index in [1.165, 1.54) is 27.7 Å². The fourth-order valence-corrected chi connectivity index (χ4v) is 4.60. The molecule has 0 aliphatic heterocycles. The molecule has 0 fully saturated rings. The quantitative estimate of drug-likeness (QED) is 0.296. The number of benzene rings is 3. The summed E-state index contributed by atoms with van der Waals surface area (Å²) in [4.78, 5) is 33.4. The number of carbonyl (C=O) groups is 1. The Balaban J connectivity index is 1.85. The molecule has 0 spiro atoms. The third-order valence-corrected chi connectivity index (χ3v) is 6.44. The van der Waals surface area contributed by atoms with E-state index >= 15 is 0 Å². The predicted octanol–water partition coefficient (Wildman–Crippen LogP) is 7.03. The SMILES string of the molecule is CCCN(C(=O)Nc1ccccc1C(F)(F)F)C(C)c1nc2ccccc2c(=O)n1-c1ccc(C)cc1C. The minimum Gasteiger partial charge on any atom is -0.315 e. The highest BCUT2D eigenvalue weighted by Crippen LogP contribution is 2.35. The molecule has 0 saturated heterocycles. The van der Waals surface area contributed by atoms with Crippen LogP contribution in [0.2, 0.25) is 0 Å². The molecule has 0 bridgehead atoms. The molecule has 3 aromatic carbocycles. The van der Waals surface area contributed by atoms with Gasteiger partial charge in [0.2, 0.25) is 0 Å². The van der Waals surface area contributed by atoms with Crippen LogP contribution in [0.1, 0.15) is 48.8 Å². The van der Waals surface area contributed by atoms with Gasteiger partial charge in [-0.15, -0.1) is 0 Å². The van der Waals surface area contributed by atoms with Crippen molar-refractivity contribution in [2.45, 2.75) is 46.3 Å². The highest BCUT2D eigenvalue weighted by atomic mass is 19.4. The minimum absolute atomic E-state index is 0.233. The summed E-state index contributed by atoms with van der Waals surface area (Å²) in [6.45, 7) is 7.66. The van der Waals surface area contributed by atoms with Crippen molar-refractivity contribution in [2.24, 2.45) is 0 Å². The molecule has 198 valence electrons. The van der Waals surface area contributed by atoms with Gasteiger partial charge in [0.15, 0.2) is 0 Å². The van der Waals surface area contributed by atoms with Crippen LogP contribution in [-0.2, 0) is 6.18 Å². The molecule has 38 heavy (non-hydrogen) atoms. The summed E-state index contributed by atoms with van der Waals surface area (Å²) in [6.07, 6.45) is -4.09. The fourth-order valence-electron chi connectivity index (χ4n) is 4.60. The molecule has 6 nitrogen and oxygen atoms in total. The van der Waals surface area contributed by atoms with Crippen LogP contribution < -0.4 is 10.9 Å². The second kappa shape index (κ2) is 10.7. The van der Waals surface area contributed by atoms with Crippen LogP contribution in [0.4, 0.5) is 23.7 Å². The van der Waals surface area contributed by atoms with E-state index in [0.29, 0.717) is 28.8 Å². The Kier molecular flexibility index (Phi) is 7.57. The molecule has 0 aliphatic carbocycles.